The summed E-state index contributed by atoms with van der Waals surface area (Å²) in [4.78, 5) is 22.3. The molecule has 0 atom stereocenters. The quantitative estimate of drug-likeness (QED) is 0.766. The van der Waals surface area contributed by atoms with Gasteiger partial charge < -0.3 is 10.4 Å². The van der Waals surface area contributed by atoms with Crippen molar-refractivity contribution in [2.75, 3.05) is 0 Å². The predicted octanol–water partition coefficient (Wildman–Crippen LogP) is -0.369. The summed E-state index contributed by atoms with van der Waals surface area (Å²) in [6.07, 6.45) is 4.30. The van der Waals surface area contributed by atoms with Crippen molar-refractivity contribution in [3.8, 4) is 0 Å². The third-order valence-corrected chi connectivity index (χ3v) is 2.42. The number of nitrogens with one attached hydrogen (secondary N) is 1. The summed E-state index contributed by atoms with van der Waals surface area (Å²) < 4.78 is 2.92. The van der Waals surface area contributed by atoms with E-state index in [1.165, 1.54) is 17.1 Å². The number of nitrogens with zero attached hydrogens (tertiary/aromatic N) is 4. The lowest BCUT2D eigenvalue weighted by molar-refractivity contribution is -0.122. The van der Waals surface area contributed by atoms with Crippen molar-refractivity contribution in [2.24, 2.45) is 7.05 Å². The van der Waals surface area contributed by atoms with Gasteiger partial charge in [0.15, 0.2) is 0 Å². The minimum atomic E-state index is -1.07. The molecule has 0 aliphatic rings. The topological polar surface area (TPSA) is 102 Å². The fourth-order valence-corrected chi connectivity index (χ4v) is 1.51. The van der Waals surface area contributed by atoms with E-state index in [9.17, 15) is 9.59 Å². The molecule has 0 fully saturated rings. The van der Waals surface area contributed by atoms with Crippen LogP contribution in [0, 0.1) is 0 Å². The van der Waals surface area contributed by atoms with Gasteiger partial charge in [0.1, 0.15) is 6.54 Å². The number of carbonyl (C=O) groups excluding carboxylic acids is 1. The molecule has 2 rings (SSSR count). The standard InChI is InChI=1S/C11H13N5O3/c1-15-3-2-9(14-15)5-12-10(17)7-16-6-8(4-13-16)11(18)19/h2-4,6H,5,7H2,1H3,(H,12,17)(H,18,19). The molecule has 1 amide bonds. The molecular formula is C11H13N5O3. The Hall–Kier alpha value is -2.64. The predicted molar refractivity (Wildman–Crippen MR) is 64.2 cm³/mol. The normalized spacial score (nSPS) is 10.4. The summed E-state index contributed by atoms with van der Waals surface area (Å²) in [5, 5.41) is 19.3. The van der Waals surface area contributed by atoms with Crippen molar-refractivity contribution in [3.63, 3.8) is 0 Å². The highest BCUT2D eigenvalue weighted by molar-refractivity contribution is 5.87. The van der Waals surface area contributed by atoms with E-state index in [0.29, 0.717) is 6.54 Å². The van der Waals surface area contributed by atoms with E-state index in [0.717, 1.165) is 5.69 Å². The molecule has 0 unspecified atom stereocenters. The van der Waals surface area contributed by atoms with Gasteiger partial charge >= 0.3 is 5.97 Å². The molecule has 0 radical (unpaired) electrons. The zero-order valence-corrected chi connectivity index (χ0v) is 10.3. The van der Waals surface area contributed by atoms with Gasteiger partial charge in [-0.15, -0.1) is 0 Å². The largest absolute Gasteiger partial charge is 0.478 e. The highest BCUT2D eigenvalue weighted by atomic mass is 16.4. The Morgan fingerprint density at radius 3 is 2.84 bits per heavy atom. The van der Waals surface area contributed by atoms with Gasteiger partial charge in [0.25, 0.3) is 0 Å². The van der Waals surface area contributed by atoms with Gasteiger partial charge in [-0.3, -0.25) is 14.2 Å². The van der Waals surface area contributed by atoms with E-state index in [2.05, 4.69) is 15.5 Å². The maximum absolute atomic E-state index is 11.6. The van der Waals surface area contributed by atoms with Gasteiger partial charge in [0.2, 0.25) is 5.91 Å². The molecule has 0 saturated heterocycles. The van der Waals surface area contributed by atoms with E-state index in [-0.39, 0.29) is 18.0 Å². The van der Waals surface area contributed by atoms with Gasteiger partial charge in [-0.1, -0.05) is 0 Å². The van der Waals surface area contributed by atoms with Crippen LogP contribution in [-0.2, 0) is 24.9 Å². The fraction of sp³-hybridized carbons (Fsp3) is 0.273. The molecule has 0 aliphatic carbocycles. The first-order valence-corrected chi connectivity index (χ1v) is 5.55. The SMILES string of the molecule is Cn1ccc(CNC(=O)Cn2cc(C(=O)O)cn2)n1. The maximum atomic E-state index is 11.6. The zero-order valence-electron chi connectivity index (χ0n) is 10.3. The van der Waals surface area contributed by atoms with Crippen LogP contribution in [-0.4, -0.2) is 36.5 Å². The fourth-order valence-electron chi connectivity index (χ4n) is 1.51. The number of amides is 1. The number of carbonyl (C=O) groups is 2. The number of carboxylic acid groups (broad SMARTS) is 1. The van der Waals surface area contributed by atoms with E-state index in [1.807, 2.05) is 0 Å². The third-order valence-electron chi connectivity index (χ3n) is 2.42. The van der Waals surface area contributed by atoms with Crippen molar-refractivity contribution in [1.29, 1.82) is 0 Å². The van der Waals surface area contributed by atoms with Gasteiger partial charge in [-0.2, -0.15) is 10.2 Å². The van der Waals surface area contributed by atoms with E-state index >= 15 is 0 Å². The van der Waals surface area contributed by atoms with Gasteiger partial charge in [0, 0.05) is 19.4 Å². The van der Waals surface area contributed by atoms with E-state index in [4.69, 9.17) is 5.11 Å². The number of hydrogen-bond acceptors (Lipinski definition) is 4. The molecule has 2 aromatic rings. The van der Waals surface area contributed by atoms with Crippen LogP contribution in [0.15, 0.2) is 24.7 Å². The lowest BCUT2D eigenvalue weighted by Gasteiger charge is -2.03. The summed E-state index contributed by atoms with van der Waals surface area (Å²) in [5.74, 6) is -1.33. The van der Waals surface area contributed by atoms with Crippen LogP contribution < -0.4 is 5.32 Å². The molecule has 0 bridgehead atoms. The number of carboxylic acids is 1. The highest BCUT2D eigenvalue weighted by Gasteiger charge is 2.09. The number of aryl methyl sites for hydroxylation is 1. The minimum Gasteiger partial charge on any atom is -0.478 e. The van der Waals surface area contributed by atoms with Crippen LogP contribution in [0.25, 0.3) is 0 Å². The third kappa shape index (κ3) is 3.41. The Morgan fingerprint density at radius 1 is 1.47 bits per heavy atom. The number of hydrogen-bond donors (Lipinski definition) is 2. The molecule has 0 aromatic carbocycles. The summed E-state index contributed by atoms with van der Waals surface area (Å²) in [6.45, 7) is 0.298. The van der Waals surface area contributed by atoms with Crippen LogP contribution in [0.3, 0.4) is 0 Å². The van der Waals surface area contributed by atoms with Crippen LogP contribution in [0.1, 0.15) is 16.1 Å². The second-order valence-electron chi connectivity index (χ2n) is 3.99. The van der Waals surface area contributed by atoms with Gasteiger partial charge in [-0.25, -0.2) is 4.79 Å². The van der Waals surface area contributed by atoms with Crippen LogP contribution >= 0.6 is 0 Å². The molecule has 100 valence electrons. The molecule has 8 heteroatoms. The van der Waals surface area contributed by atoms with Crippen molar-refractivity contribution < 1.29 is 14.7 Å². The maximum Gasteiger partial charge on any atom is 0.338 e. The number of aromatic carboxylic acids is 1. The Morgan fingerprint density at radius 2 is 2.26 bits per heavy atom. The Bertz CT molecular complexity index is 601. The lowest BCUT2D eigenvalue weighted by atomic mass is 10.4. The average Bonchev–Trinajstić information content (AvgIpc) is 2.96. The molecule has 0 spiro atoms. The Balaban J connectivity index is 1.85. The Kier molecular flexibility index (Phi) is 3.60. The van der Waals surface area contributed by atoms with Crippen molar-refractivity contribution in [3.05, 3.63) is 35.9 Å². The molecule has 0 saturated carbocycles. The molecular weight excluding hydrogens is 250 g/mol. The van der Waals surface area contributed by atoms with Gasteiger partial charge in [0.05, 0.1) is 24.0 Å². The van der Waals surface area contributed by atoms with Crippen molar-refractivity contribution in [2.45, 2.75) is 13.1 Å². The smallest absolute Gasteiger partial charge is 0.338 e. The molecule has 8 nitrogen and oxygen atoms in total. The summed E-state index contributed by atoms with van der Waals surface area (Å²) >= 11 is 0. The number of rotatable bonds is 5. The molecule has 0 aliphatic heterocycles. The molecule has 2 aromatic heterocycles. The van der Waals surface area contributed by atoms with Crippen LogP contribution in [0.5, 0.6) is 0 Å². The summed E-state index contributed by atoms with van der Waals surface area (Å²) in [6, 6.07) is 1.80. The number of aromatic nitrogens is 4. The van der Waals surface area contributed by atoms with E-state index < -0.39 is 5.97 Å². The molecule has 19 heavy (non-hydrogen) atoms. The first-order chi connectivity index (χ1) is 9.04. The average molecular weight is 263 g/mol. The Labute approximate surface area is 108 Å². The second-order valence-corrected chi connectivity index (χ2v) is 3.99. The summed E-state index contributed by atoms with van der Waals surface area (Å²) in [5.41, 5.74) is 0.806. The first-order valence-electron chi connectivity index (χ1n) is 5.55. The first kappa shape index (κ1) is 12.8. The monoisotopic (exact) mass is 263 g/mol. The zero-order chi connectivity index (χ0) is 13.8. The lowest BCUT2D eigenvalue weighted by Crippen LogP contribution is -2.27. The minimum absolute atomic E-state index is 0.0277. The molecule has 2 heterocycles. The van der Waals surface area contributed by atoms with Crippen molar-refractivity contribution >= 4 is 11.9 Å². The van der Waals surface area contributed by atoms with E-state index in [1.54, 1.807) is 24.0 Å². The second kappa shape index (κ2) is 5.34. The van der Waals surface area contributed by atoms with Crippen LogP contribution in [0.2, 0.25) is 0 Å². The van der Waals surface area contributed by atoms with Gasteiger partial charge in [-0.05, 0) is 6.07 Å². The molecule has 2 N–H and O–H groups in total. The van der Waals surface area contributed by atoms with Crippen molar-refractivity contribution in [1.82, 2.24) is 24.9 Å². The highest BCUT2D eigenvalue weighted by Crippen LogP contribution is 1.97. The summed E-state index contributed by atoms with van der Waals surface area (Å²) in [7, 11) is 1.79. The van der Waals surface area contributed by atoms with Crippen LogP contribution in [0.4, 0.5) is 0 Å².